The van der Waals surface area contributed by atoms with Crippen LogP contribution in [0.5, 0.6) is 0 Å². The van der Waals surface area contributed by atoms with Gasteiger partial charge in [0.2, 0.25) is 0 Å². The van der Waals surface area contributed by atoms with E-state index in [4.69, 9.17) is 0 Å². The Kier molecular flexibility index (Phi) is 3.06. The third-order valence-electron chi connectivity index (χ3n) is 2.40. The molecular formula is C13H13I. The van der Waals surface area contributed by atoms with E-state index in [1.807, 2.05) is 0 Å². The van der Waals surface area contributed by atoms with Gasteiger partial charge in [-0.2, -0.15) is 0 Å². The molecule has 14 heavy (non-hydrogen) atoms. The van der Waals surface area contributed by atoms with Crippen molar-refractivity contribution in [3.05, 3.63) is 53.6 Å². The maximum absolute atomic E-state index is 2.46. The monoisotopic (exact) mass is 296 g/mol. The molecule has 1 aromatic carbocycles. The molecule has 0 radical (unpaired) electrons. The van der Waals surface area contributed by atoms with Gasteiger partial charge in [0.15, 0.2) is 0 Å². The summed E-state index contributed by atoms with van der Waals surface area (Å²) in [5.41, 5.74) is 4.03. The summed E-state index contributed by atoms with van der Waals surface area (Å²) in [6.45, 7) is 2.14. The molecule has 1 aromatic rings. The van der Waals surface area contributed by atoms with Gasteiger partial charge < -0.3 is 0 Å². The highest BCUT2D eigenvalue weighted by Crippen LogP contribution is 2.24. The van der Waals surface area contributed by atoms with E-state index in [1.54, 1.807) is 0 Å². The van der Waals surface area contributed by atoms with Crippen molar-refractivity contribution in [2.45, 2.75) is 17.3 Å². The van der Waals surface area contributed by atoms with Crippen LogP contribution in [0.2, 0.25) is 0 Å². The molecule has 1 aliphatic carbocycles. The average molecular weight is 296 g/mol. The van der Waals surface area contributed by atoms with E-state index < -0.39 is 0 Å². The van der Waals surface area contributed by atoms with Gasteiger partial charge in [-0.15, -0.1) is 0 Å². The van der Waals surface area contributed by atoms with Crippen LogP contribution in [0.3, 0.4) is 0 Å². The van der Waals surface area contributed by atoms with Gasteiger partial charge in [0.1, 0.15) is 0 Å². The maximum atomic E-state index is 2.46. The Bertz CT molecular complexity index is 388. The zero-order valence-electron chi connectivity index (χ0n) is 8.20. The predicted molar refractivity (Wildman–Crippen MR) is 70.7 cm³/mol. The van der Waals surface area contributed by atoms with Gasteiger partial charge in [0.25, 0.3) is 0 Å². The highest BCUT2D eigenvalue weighted by atomic mass is 127. The molecule has 2 rings (SSSR count). The van der Waals surface area contributed by atoms with Crippen molar-refractivity contribution in [1.82, 2.24) is 0 Å². The van der Waals surface area contributed by atoms with E-state index in [2.05, 4.69) is 72.0 Å². The summed E-state index contributed by atoms with van der Waals surface area (Å²) in [5, 5.41) is 0. The highest BCUT2D eigenvalue weighted by Gasteiger charge is 2.05. The zero-order valence-corrected chi connectivity index (χ0v) is 10.4. The SMILES string of the molecule is Cc1cccc(C2=CC[C@@H](I)C=C2)c1. The lowest BCUT2D eigenvalue weighted by atomic mass is 9.98. The van der Waals surface area contributed by atoms with Crippen LogP contribution >= 0.6 is 22.6 Å². The van der Waals surface area contributed by atoms with Gasteiger partial charge >= 0.3 is 0 Å². The minimum Gasteiger partial charge on any atom is -0.0777 e. The third-order valence-corrected chi connectivity index (χ3v) is 3.32. The third kappa shape index (κ3) is 2.27. The van der Waals surface area contributed by atoms with Gasteiger partial charge in [-0.25, -0.2) is 0 Å². The van der Waals surface area contributed by atoms with E-state index in [0.29, 0.717) is 3.92 Å². The van der Waals surface area contributed by atoms with Crippen LogP contribution in [0.25, 0.3) is 5.57 Å². The quantitative estimate of drug-likeness (QED) is 0.539. The number of aryl methyl sites for hydroxylation is 1. The normalized spacial score (nSPS) is 20.7. The lowest BCUT2D eigenvalue weighted by Crippen LogP contribution is -1.96. The summed E-state index contributed by atoms with van der Waals surface area (Å²) in [6.07, 6.45) is 7.99. The first-order chi connectivity index (χ1) is 6.75. The second kappa shape index (κ2) is 4.30. The van der Waals surface area contributed by atoms with Crippen molar-refractivity contribution in [3.63, 3.8) is 0 Å². The summed E-state index contributed by atoms with van der Waals surface area (Å²) in [5.74, 6) is 0. The molecule has 0 spiro atoms. The van der Waals surface area contributed by atoms with Crippen LogP contribution in [-0.4, -0.2) is 3.92 Å². The molecular weight excluding hydrogens is 283 g/mol. The van der Waals surface area contributed by atoms with Gasteiger partial charge in [0, 0.05) is 3.92 Å². The van der Waals surface area contributed by atoms with Crippen molar-refractivity contribution in [2.24, 2.45) is 0 Å². The molecule has 1 aliphatic rings. The van der Waals surface area contributed by atoms with Crippen LogP contribution in [0.1, 0.15) is 17.5 Å². The van der Waals surface area contributed by atoms with Gasteiger partial charge in [-0.1, -0.05) is 70.6 Å². The van der Waals surface area contributed by atoms with Crippen LogP contribution in [0.4, 0.5) is 0 Å². The molecule has 0 bridgehead atoms. The minimum absolute atomic E-state index is 0.668. The molecule has 0 nitrogen and oxygen atoms in total. The Hall–Kier alpha value is -0.570. The Morgan fingerprint density at radius 1 is 1.36 bits per heavy atom. The van der Waals surface area contributed by atoms with Gasteiger partial charge in [-0.05, 0) is 24.5 Å². The average Bonchev–Trinajstić information content (AvgIpc) is 2.19. The number of alkyl halides is 1. The number of halogens is 1. The molecule has 0 saturated heterocycles. The Morgan fingerprint density at radius 2 is 2.21 bits per heavy atom. The topological polar surface area (TPSA) is 0 Å². The molecule has 0 heterocycles. The second-order valence-electron chi connectivity index (χ2n) is 3.64. The lowest BCUT2D eigenvalue weighted by molar-refractivity contribution is 1.10. The Morgan fingerprint density at radius 3 is 2.86 bits per heavy atom. The number of allylic oxidation sites excluding steroid dienone is 4. The number of benzene rings is 1. The summed E-state index contributed by atoms with van der Waals surface area (Å²) in [4.78, 5) is 0. The first-order valence-corrected chi connectivity index (χ1v) is 6.10. The number of hydrogen-bond donors (Lipinski definition) is 0. The van der Waals surface area contributed by atoms with Crippen molar-refractivity contribution in [2.75, 3.05) is 0 Å². The molecule has 0 N–H and O–H groups in total. The molecule has 0 aliphatic heterocycles. The molecule has 0 fully saturated rings. The summed E-state index contributed by atoms with van der Waals surface area (Å²) >= 11 is 2.46. The van der Waals surface area contributed by atoms with Crippen molar-refractivity contribution in [3.8, 4) is 0 Å². The number of hydrogen-bond acceptors (Lipinski definition) is 0. The molecule has 72 valence electrons. The van der Waals surface area contributed by atoms with Crippen LogP contribution in [0, 0.1) is 6.92 Å². The van der Waals surface area contributed by atoms with Crippen molar-refractivity contribution in [1.29, 1.82) is 0 Å². The molecule has 1 heteroatoms. The fourth-order valence-electron chi connectivity index (χ4n) is 1.63. The van der Waals surface area contributed by atoms with E-state index in [9.17, 15) is 0 Å². The van der Waals surface area contributed by atoms with Crippen molar-refractivity contribution < 1.29 is 0 Å². The zero-order chi connectivity index (χ0) is 9.97. The largest absolute Gasteiger partial charge is 0.0777 e. The Balaban J connectivity index is 2.29. The van der Waals surface area contributed by atoms with Crippen LogP contribution in [-0.2, 0) is 0 Å². The maximum Gasteiger partial charge on any atom is 0.0327 e. The Labute approximate surface area is 98.9 Å². The molecule has 0 amide bonds. The number of rotatable bonds is 1. The fourth-order valence-corrected chi connectivity index (χ4v) is 2.09. The molecule has 0 aromatic heterocycles. The second-order valence-corrected chi connectivity index (χ2v) is 5.24. The van der Waals surface area contributed by atoms with Gasteiger partial charge in [-0.3, -0.25) is 0 Å². The fraction of sp³-hybridized carbons (Fsp3) is 0.231. The minimum atomic E-state index is 0.668. The predicted octanol–water partition coefficient (Wildman–Crippen LogP) is 4.14. The molecule has 0 saturated carbocycles. The summed E-state index contributed by atoms with van der Waals surface area (Å²) < 4.78 is 0.668. The molecule has 1 atom stereocenters. The smallest absolute Gasteiger partial charge is 0.0327 e. The van der Waals surface area contributed by atoms with Crippen LogP contribution in [0.15, 0.2) is 42.5 Å². The summed E-state index contributed by atoms with van der Waals surface area (Å²) in [7, 11) is 0. The highest BCUT2D eigenvalue weighted by molar-refractivity contribution is 14.1. The van der Waals surface area contributed by atoms with E-state index in [-0.39, 0.29) is 0 Å². The van der Waals surface area contributed by atoms with Crippen LogP contribution < -0.4 is 0 Å². The summed E-state index contributed by atoms with van der Waals surface area (Å²) in [6, 6.07) is 8.67. The van der Waals surface area contributed by atoms with E-state index >= 15 is 0 Å². The first-order valence-electron chi connectivity index (χ1n) is 4.85. The lowest BCUT2D eigenvalue weighted by Gasteiger charge is -2.11. The standard InChI is InChI=1S/C13H13I/c1-10-3-2-4-12(9-10)11-5-7-13(14)8-6-11/h2-7,9,13H,8H2,1H3/t13-/m0/s1. The first kappa shape index (κ1) is 9.97. The van der Waals surface area contributed by atoms with E-state index in [0.717, 1.165) is 6.42 Å². The molecule has 0 unspecified atom stereocenters. The van der Waals surface area contributed by atoms with Gasteiger partial charge in [0.05, 0.1) is 0 Å². The van der Waals surface area contributed by atoms with E-state index in [1.165, 1.54) is 16.7 Å². The van der Waals surface area contributed by atoms with Crippen molar-refractivity contribution >= 4 is 28.2 Å².